The summed E-state index contributed by atoms with van der Waals surface area (Å²) >= 11 is 2.44. The lowest BCUT2D eigenvalue weighted by molar-refractivity contribution is 1.18. The highest BCUT2D eigenvalue weighted by Crippen LogP contribution is 2.35. The minimum atomic E-state index is 1.19. The van der Waals surface area contributed by atoms with Crippen LogP contribution in [-0.4, -0.2) is 4.57 Å². The van der Waals surface area contributed by atoms with Gasteiger partial charge in [0.15, 0.2) is 0 Å². The van der Waals surface area contributed by atoms with Gasteiger partial charge in [-0.2, -0.15) is 0 Å². The lowest BCUT2D eigenvalue weighted by Gasteiger charge is -2.11. The number of fused-ring (bicyclic) bond motifs is 4. The third kappa shape index (κ3) is 2.67. The molecule has 0 aliphatic heterocycles. The van der Waals surface area contributed by atoms with E-state index in [1.54, 1.807) is 0 Å². The van der Waals surface area contributed by atoms with Crippen molar-refractivity contribution in [3.63, 3.8) is 0 Å². The Bertz CT molecular complexity index is 1480. The maximum atomic E-state index is 2.44. The Labute approximate surface area is 188 Å². The quantitative estimate of drug-likeness (QED) is 0.213. The number of aromatic nitrogens is 1. The maximum absolute atomic E-state index is 2.44. The van der Waals surface area contributed by atoms with Crippen LogP contribution in [0.5, 0.6) is 0 Å². The topological polar surface area (TPSA) is 4.93 Å². The van der Waals surface area contributed by atoms with Gasteiger partial charge in [-0.25, -0.2) is 0 Å². The summed E-state index contributed by atoms with van der Waals surface area (Å²) in [6.45, 7) is 0. The van der Waals surface area contributed by atoms with Gasteiger partial charge in [0, 0.05) is 25.4 Å². The van der Waals surface area contributed by atoms with Gasteiger partial charge < -0.3 is 4.57 Å². The van der Waals surface area contributed by atoms with E-state index in [0.29, 0.717) is 0 Å². The van der Waals surface area contributed by atoms with Crippen LogP contribution in [0.3, 0.4) is 0 Å². The Morgan fingerprint density at radius 1 is 0.533 bits per heavy atom. The van der Waals surface area contributed by atoms with E-state index in [0.717, 1.165) is 0 Å². The molecule has 0 bridgehead atoms. The third-order valence-corrected chi connectivity index (χ3v) is 6.77. The first-order chi connectivity index (χ1) is 14.8. The van der Waals surface area contributed by atoms with Crippen LogP contribution in [0.2, 0.25) is 0 Å². The number of hydrogen-bond donors (Lipinski definition) is 0. The van der Waals surface area contributed by atoms with Gasteiger partial charge in [0.05, 0.1) is 11.0 Å². The van der Waals surface area contributed by atoms with Gasteiger partial charge in [0.1, 0.15) is 0 Å². The van der Waals surface area contributed by atoms with Crippen molar-refractivity contribution in [1.82, 2.24) is 4.57 Å². The Hall–Kier alpha value is -3.11. The zero-order valence-corrected chi connectivity index (χ0v) is 18.4. The molecular weight excluding hydrogens is 477 g/mol. The van der Waals surface area contributed by atoms with Crippen molar-refractivity contribution < 1.29 is 0 Å². The van der Waals surface area contributed by atoms with Crippen molar-refractivity contribution in [1.29, 1.82) is 0 Å². The first-order valence-electron chi connectivity index (χ1n) is 10.1. The molecular formula is C28H18IN. The predicted octanol–water partition coefficient (Wildman–Crippen LogP) is 8.21. The largest absolute Gasteiger partial charge is 0.309 e. The molecule has 0 radical (unpaired) electrons. The van der Waals surface area contributed by atoms with E-state index >= 15 is 0 Å². The fourth-order valence-corrected chi connectivity index (χ4v) is 5.34. The van der Waals surface area contributed by atoms with E-state index in [1.807, 2.05) is 0 Å². The van der Waals surface area contributed by atoms with E-state index in [1.165, 1.54) is 53.0 Å². The molecule has 0 spiro atoms. The highest BCUT2D eigenvalue weighted by atomic mass is 127. The summed E-state index contributed by atoms with van der Waals surface area (Å²) in [7, 11) is 0. The molecule has 0 N–H and O–H groups in total. The highest BCUT2D eigenvalue weighted by Gasteiger charge is 2.12. The zero-order valence-electron chi connectivity index (χ0n) is 16.2. The van der Waals surface area contributed by atoms with Gasteiger partial charge in [-0.1, -0.05) is 78.9 Å². The monoisotopic (exact) mass is 495 g/mol. The van der Waals surface area contributed by atoms with Crippen LogP contribution in [0.4, 0.5) is 0 Å². The summed E-state index contributed by atoms with van der Waals surface area (Å²) in [6.07, 6.45) is 0. The average Bonchev–Trinajstić information content (AvgIpc) is 3.14. The second-order valence-electron chi connectivity index (χ2n) is 7.56. The molecule has 5 aromatic carbocycles. The fraction of sp³-hybridized carbons (Fsp3) is 0. The van der Waals surface area contributed by atoms with E-state index < -0.39 is 0 Å². The van der Waals surface area contributed by atoms with Crippen LogP contribution < -0.4 is 0 Å². The van der Waals surface area contributed by atoms with Crippen LogP contribution in [0.1, 0.15) is 0 Å². The maximum Gasteiger partial charge on any atom is 0.0541 e. The lowest BCUT2D eigenvalue weighted by Crippen LogP contribution is -1.93. The smallest absolute Gasteiger partial charge is 0.0541 e. The van der Waals surface area contributed by atoms with Gasteiger partial charge in [-0.05, 0) is 69.4 Å². The summed E-state index contributed by atoms with van der Waals surface area (Å²) in [5.74, 6) is 0. The zero-order chi connectivity index (χ0) is 20.1. The van der Waals surface area contributed by atoms with E-state index in [-0.39, 0.29) is 0 Å². The van der Waals surface area contributed by atoms with Gasteiger partial charge in [0.25, 0.3) is 0 Å². The number of benzene rings is 5. The van der Waals surface area contributed by atoms with Crippen molar-refractivity contribution >= 4 is 55.2 Å². The second kappa shape index (κ2) is 6.99. The molecule has 1 heterocycles. The molecule has 0 aliphatic carbocycles. The summed E-state index contributed by atoms with van der Waals surface area (Å²) in [4.78, 5) is 0. The van der Waals surface area contributed by atoms with Crippen LogP contribution >= 0.6 is 22.6 Å². The molecule has 0 amide bonds. The van der Waals surface area contributed by atoms with E-state index in [9.17, 15) is 0 Å². The van der Waals surface area contributed by atoms with Crippen LogP contribution in [0, 0.1) is 3.57 Å². The number of rotatable bonds is 2. The molecule has 6 rings (SSSR count). The highest BCUT2D eigenvalue weighted by molar-refractivity contribution is 14.1. The van der Waals surface area contributed by atoms with E-state index in [4.69, 9.17) is 0 Å². The van der Waals surface area contributed by atoms with Crippen molar-refractivity contribution in [2.45, 2.75) is 0 Å². The van der Waals surface area contributed by atoms with Gasteiger partial charge >= 0.3 is 0 Å². The number of para-hydroxylation sites is 2. The van der Waals surface area contributed by atoms with Gasteiger partial charge in [-0.15, -0.1) is 0 Å². The molecule has 6 aromatic rings. The first kappa shape index (κ1) is 17.7. The third-order valence-electron chi connectivity index (χ3n) is 5.87. The number of nitrogens with zero attached hydrogens (tertiary/aromatic N) is 1. The molecule has 142 valence electrons. The Morgan fingerprint density at radius 3 is 1.80 bits per heavy atom. The normalized spacial score (nSPS) is 11.5. The molecule has 0 aliphatic rings. The molecule has 0 fully saturated rings. The molecule has 0 unspecified atom stereocenters. The molecule has 1 nitrogen and oxygen atoms in total. The van der Waals surface area contributed by atoms with Crippen molar-refractivity contribution in [3.8, 4) is 16.8 Å². The first-order valence-corrected chi connectivity index (χ1v) is 11.2. The SMILES string of the molecule is Ic1cccc2cccc(-c3ccc(-n4c5ccccc5c5ccccc54)cc3)c12. The summed E-state index contributed by atoms with van der Waals surface area (Å²) in [6, 6.07) is 39.3. The molecule has 0 atom stereocenters. The second-order valence-corrected chi connectivity index (χ2v) is 8.72. The Kier molecular flexibility index (Phi) is 4.13. The number of hydrogen-bond acceptors (Lipinski definition) is 0. The summed E-state index contributed by atoms with van der Waals surface area (Å²) in [5, 5.41) is 5.19. The molecule has 0 saturated heterocycles. The van der Waals surface area contributed by atoms with Crippen molar-refractivity contribution in [2.24, 2.45) is 0 Å². The molecule has 2 heteroatoms. The summed E-state index contributed by atoms with van der Waals surface area (Å²) in [5.41, 5.74) is 6.20. The van der Waals surface area contributed by atoms with Crippen LogP contribution in [0.15, 0.2) is 109 Å². The fourth-order valence-electron chi connectivity index (χ4n) is 4.53. The lowest BCUT2D eigenvalue weighted by atomic mass is 9.98. The Balaban J connectivity index is 1.56. The minimum Gasteiger partial charge on any atom is -0.309 e. The molecule has 0 saturated carbocycles. The van der Waals surface area contributed by atoms with Crippen LogP contribution in [0.25, 0.3) is 49.4 Å². The van der Waals surface area contributed by atoms with Crippen molar-refractivity contribution in [3.05, 3.63) is 113 Å². The summed E-state index contributed by atoms with van der Waals surface area (Å²) < 4.78 is 3.65. The standard InChI is InChI=1S/C28H18IN/c29-25-12-6-8-20-7-5-11-22(28(20)25)19-15-17-21(18-16-19)30-26-13-3-1-9-23(26)24-10-2-4-14-27(24)30/h1-18H. The van der Waals surface area contributed by atoms with E-state index in [2.05, 4.69) is 136 Å². The van der Waals surface area contributed by atoms with Gasteiger partial charge in [0.2, 0.25) is 0 Å². The van der Waals surface area contributed by atoms with Crippen LogP contribution in [-0.2, 0) is 0 Å². The van der Waals surface area contributed by atoms with Gasteiger partial charge in [-0.3, -0.25) is 0 Å². The molecule has 1 aromatic heterocycles. The Morgan fingerprint density at radius 2 is 1.13 bits per heavy atom. The minimum absolute atomic E-state index is 1.19. The average molecular weight is 495 g/mol. The van der Waals surface area contributed by atoms with Crippen molar-refractivity contribution in [2.75, 3.05) is 0 Å². The predicted molar refractivity (Wildman–Crippen MR) is 136 cm³/mol. The number of halogens is 1. The molecule has 30 heavy (non-hydrogen) atoms.